The predicted octanol–water partition coefficient (Wildman–Crippen LogP) is 0.729. The summed E-state index contributed by atoms with van der Waals surface area (Å²) >= 11 is 0. The second kappa shape index (κ2) is 4.58. The van der Waals surface area contributed by atoms with Crippen LogP contribution in [0.1, 0.15) is 24.6 Å². The highest BCUT2D eigenvalue weighted by Gasteiger charge is 2.19. The molecule has 1 saturated heterocycles. The summed E-state index contributed by atoms with van der Waals surface area (Å²) in [5, 5.41) is 10.6. The Morgan fingerprint density at radius 1 is 1.29 bits per heavy atom. The SMILES string of the molecule is c1cnc(-c2n[nH]c([C@H]3CCCNC3)n2)cn1. The first-order valence-electron chi connectivity index (χ1n) is 5.83. The molecule has 0 bridgehead atoms. The van der Waals surface area contributed by atoms with Crippen molar-refractivity contribution in [3.63, 3.8) is 0 Å². The Balaban J connectivity index is 1.83. The van der Waals surface area contributed by atoms with Crippen LogP contribution in [0.3, 0.4) is 0 Å². The summed E-state index contributed by atoms with van der Waals surface area (Å²) in [7, 11) is 0. The van der Waals surface area contributed by atoms with Crippen LogP contribution in [0.5, 0.6) is 0 Å². The molecule has 6 heteroatoms. The minimum Gasteiger partial charge on any atom is -0.316 e. The van der Waals surface area contributed by atoms with Crippen molar-refractivity contribution in [2.45, 2.75) is 18.8 Å². The summed E-state index contributed by atoms with van der Waals surface area (Å²) in [5.41, 5.74) is 0.707. The van der Waals surface area contributed by atoms with E-state index >= 15 is 0 Å². The lowest BCUT2D eigenvalue weighted by Crippen LogP contribution is -2.28. The van der Waals surface area contributed by atoms with Gasteiger partial charge in [-0.25, -0.2) is 9.97 Å². The predicted molar refractivity (Wildman–Crippen MR) is 62.3 cm³/mol. The van der Waals surface area contributed by atoms with Crippen molar-refractivity contribution < 1.29 is 0 Å². The van der Waals surface area contributed by atoms with Gasteiger partial charge in [-0.15, -0.1) is 0 Å². The van der Waals surface area contributed by atoms with E-state index in [1.807, 2.05) is 0 Å². The molecule has 0 amide bonds. The summed E-state index contributed by atoms with van der Waals surface area (Å²) < 4.78 is 0. The largest absolute Gasteiger partial charge is 0.316 e. The second-order valence-corrected chi connectivity index (χ2v) is 4.18. The molecule has 0 spiro atoms. The first-order valence-corrected chi connectivity index (χ1v) is 5.83. The number of H-pyrrole nitrogens is 1. The van der Waals surface area contributed by atoms with E-state index in [-0.39, 0.29) is 0 Å². The second-order valence-electron chi connectivity index (χ2n) is 4.18. The third-order valence-corrected chi connectivity index (χ3v) is 2.98. The third kappa shape index (κ3) is 2.16. The smallest absolute Gasteiger partial charge is 0.201 e. The average Bonchev–Trinajstić information content (AvgIpc) is 2.90. The molecule has 1 aliphatic heterocycles. The fourth-order valence-corrected chi connectivity index (χ4v) is 2.07. The number of piperidine rings is 1. The molecular formula is C11H14N6. The van der Waals surface area contributed by atoms with Gasteiger partial charge in [0.15, 0.2) is 0 Å². The van der Waals surface area contributed by atoms with Gasteiger partial charge in [-0.2, -0.15) is 5.10 Å². The number of rotatable bonds is 2. The van der Waals surface area contributed by atoms with E-state index in [9.17, 15) is 0 Å². The minimum atomic E-state index is 0.432. The van der Waals surface area contributed by atoms with Crippen molar-refractivity contribution in [2.75, 3.05) is 13.1 Å². The van der Waals surface area contributed by atoms with Crippen LogP contribution < -0.4 is 5.32 Å². The number of aromatic nitrogens is 5. The summed E-state index contributed by atoms with van der Waals surface area (Å²) in [5.74, 6) is 2.00. The van der Waals surface area contributed by atoms with Crippen molar-refractivity contribution >= 4 is 0 Å². The quantitative estimate of drug-likeness (QED) is 0.795. The maximum atomic E-state index is 4.50. The molecule has 1 aliphatic rings. The maximum Gasteiger partial charge on any atom is 0.201 e. The van der Waals surface area contributed by atoms with E-state index in [2.05, 4.69) is 30.5 Å². The summed E-state index contributed by atoms with van der Waals surface area (Å²) in [6.45, 7) is 2.07. The highest BCUT2D eigenvalue weighted by molar-refractivity contribution is 5.46. The molecule has 1 atom stereocenters. The fourth-order valence-electron chi connectivity index (χ4n) is 2.07. The van der Waals surface area contributed by atoms with Crippen molar-refractivity contribution in [2.24, 2.45) is 0 Å². The zero-order valence-electron chi connectivity index (χ0n) is 9.43. The Morgan fingerprint density at radius 2 is 2.29 bits per heavy atom. The van der Waals surface area contributed by atoms with Gasteiger partial charge in [0.1, 0.15) is 11.5 Å². The van der Waals surface area contributed by atoms with Gasteiger partial charge in [-0.3, -0.25) is 10.1 Å². The van der Waals surface area contributed by atoms with Gasteiger partial charge in [-0.1, -0.05) is 0 Å². The molecule has 0 unspecified atom stereocenters. The molecule has 0 aromatic carbocycles. The third-order valence-electron chi connectivity index (χ3n) is 2.98. The van der Waals surface area contributed by atoms with Crippen LogP contribution in [-0.2, 0) is 0 Å². The van der Waals surface area contributed by atoms with Crippen LogP contribution in [0.4, 0.5) is 0 Å². The normalized spacial score (nSPS) is 20.4. The molecule has 17 heavy (non-hydrogen) atoms. The first-order chi connectivity index (χ1) is 8.43. The highest BCUT2D eigenvalue weighted by Crippen LogP contribution is 2.21. The van der Waals surface area contributed by atoms with E-state index in [4.69, 9.17) is 0 Å². The van der Waals surface area contributed by atoms with Gasteiger partial charge < -0.3 is 5.32 Å². The summed E-state index contributed by atoms with van der Waals surface area (Å²) in [6.07, 6.45) is 7.30. The fraction of sp³-hybridized carbons (Fsp3) is 0.455. The zero-order chi connectivity index (χ0) is 11.5. The molecule has 2 aromatic heterocycles. The lowest BCUT2D eigenvalue weighted by atomic mass is 9.99. The van der Waals surface area contributed by atoms with E-state index < -0.39 is 0 Å². The standard InChI is InChI=1S/C11H14N6/c1-2-8(6-12-3-1)10-15-11(17-16-10)9-7-13-4-5-14-9/h4-5,7-8,12H,1-3,6H2,(H,15,16,17)/t8-/m0/s1. The molecule has 1 fully saturated rings. The monoisotopic (exact) mass is 230 g/mol. The van der Waals surface area contributed by atoms with Crippen molar-refractivity contribution in [3.05, 3.63) is 24.4 Å². The van der Waals surface area contributed by atoms with Crippen molar-refractivity contribution in [1.29, 1.82) is 0 Å². The van der Waals surface area contributed by atoms with Crippen LogP contribution in [0.2, 0.25) is 0 Å². The molecular weight excluding hydrogens is 216 g/mol. The van der Waals surface area contributed by atoms with Gasteiger partial charge >= 0.3 is 0 Å². The summed E-state index contributed by atoms with van der Waals surface area (Å²) in [4.78, 5) is 12.7. The Morgan fingerprint density at radius 3 is 3.06 bits per heavy atom. The average molecular weight is 230 g/mol. The zero-order valence-corrected chi connectivity index (χ0v) is 9.43. The van der Waals surface area contributed by atoms with E-state index in [0.29, 0.717) is 17.4 Å². The van der Waals surface area contributed by atoms with Gasteiger partial charge in [0.2, 0.25) is 5.82 Å². The molecule has 2 aromatic rings. The molecule has 3 heterocycles. The lowest BCUT2D eigenvalue weighted by molar-refractivity contribution is 0.447. The highest BCUT2D eigenvalue weighted by atomic mass is 15.2. The minimum absolute atomic E-state index is 0.432. The van der Waals surface area contributed by atoms with Crippen LogP contribution in [0.15, 0.2) is 18.6 Å². The molecule has 6 nitrogen and oxygen atoms in total. The maximum absolute atomic E-state index is 4.50. The number of aromatic amines is 1. The summed E-state index contributed by atoms with van der Waals surface area (Å²) in [6, 6.07) is 0. The van der Waals surface area contributed by atoms with Gasteiger partial charge in [0.25, 0.3) is 0 Å². The Labute approximate surface area is 98.9 Å². The first kappa shape index (κ1) is 10.3. The van der Waals surface area contributed by atoms with Crippen LogP contribution in [-0.4, -0.2) is 38.2 Å². The van der Waals surface area contributed by atoms with Gasteiger partial charge in [0, 0.05) is 24.9 Å². The topological polar surface area (TPSA) is 79.4 Å². The van der Waals surface area contributed by atoms with E-state index in [1.165, 1.54) is 6.42 Å². The van der Waals surface area contributed by atoms with Crippen molar-refractivity contribution in [1.82, 2.24) is 30.5 Å². The number of nitrogens with one attached hydrogen (secondary N) is 2. The van der Waals surface area contributed by atoms with E-state index in [1.54, 1.807) is 18.6 Å². The molecule has 0 radical (unpaired) electrons. The van der Waals surface area contributed by atoms with E-state index in [0.717, 1.165) is 25.3 Å². The molecule has 0 saturated carbocycles. The van der Waals surface area contributed by atoms with Crippen molar-refractivity contribution in [3.8, 4) is 11.5 Å². The molecule has 3 rings (SSSR count). The Bertz CT molecular complexity index is 474. The molecule has 0 aliphatic carbocycles. The van der Waals surface area contributed by atoms with Gasteiger partial charge in [0.05, 0.1) is 6.20 Å². The van der Waals surface area contributed by atoms with Crippen LogP contribution in [0, 0.1) is 0 Å². The molecule has 2 N–H and O–H groups in total. The lowest BCUT2D eigenvalue weighted by Gasteiger charge is -2.20. The Hall–Kier alpha value is -1.82. The van der Waals surface area contributed by atoms with Crippen LogP contribution >= 0.6 is 0 Å². The number of hydrogen-bond acceptors (Lipinski definition) is 5. The van der Waals surface area contributed by atoms with Crippen LogP contribution in [0.25, 0.3) is 11.5 Å². The van der Waals surface area contributed by atoms with Gasteiger partial charge in [-0.05, 0) is 19.4 Å². The molecule has 88 valence electrons. The number of nitrogens with zero attached hydrogens (tertiary/aromatic N) is 4. The Kier molecular flexibility index (Phi) is 2.79. The number of hydrogen-bond donors (Lipinski definition) is 2.